The zero-order chi connectivity index (χ0) is 21.0. The van der Waals surface area contributed by atoms with Gasteiger partial charge in [-0.25, -0.2) is 0 Å². The van der Waals surface area contributed by atoms with Gasteiger partial charge in [-0.3, -0.25) is 8.57 Å². The highest BCUT2D eigenvalue weighted by atomic mass is 32.2. The molecule has 0 unspecified atom stereocenters. The van der Waals surface area contributed by atoms with E-state index in [4.69, 9.17) is 0 Å². The van der Waals surface area contributed by atoms with Crippen LogP contribution in [0.15, 0.2) is 0 Å². The van der Waals surface area contributed by atoms with Crippen LogP contribution in [0.25, 0.3) is 0 Å². The molecule has 1 aliphatic rings. The zero-order valence-corrected chi connectivity index (χ0v) is 16.4. The molecule has 2 aromatic heterocycles. The fourth-order valence-corrected chi connectivity index (χ4v) is 3.75. The lowest BCUT2D eigenvalue weighted by molar-refractivity contribution is 0.200. The maximum Gasteiger partial charge on any atom is 0.327 e. The molecule has 12 nitrogen and oxygen atoms in total. The summed E-state index contributed by atoms with van der Waals surface area (Å²) < 4.78 is 56.6. The number of nitrogens with zero attached hydrogens (tertiary/aromatic N) is 2. The minimum Gasteiger partial charge on any atom is -0.492 e. The highest BCUT2D eigenvalue weighted by molar-refractivity contribution is 7.87. The van der Waals surface area contributed by atoms with E-state index in [1.165, 1.54) is 13.8 Å². The predicted molar refractivity (Wildman–Crippen MR) is 93.2 cm³/mol. The van der Waals surface area contributed by atoms with Crippen molar-refractivity contribution < 1.29 is 45.8 Å². The van der Waals surface area contributed by atoms with Crippen LogP contribution in [0.1, 0.15) is 36.1 Å². The Morgan fingerprint density at radius 3 is 1.14 bits per heavy atom. The molecular weight excluding hydrogens is 420 g/mol. The van der Waals surface area contributed by atoms with E-state index in [9.17, 15) is 37.3 Å². The molecule has 0 bridgehead atoms. The van der Waals surface area contributed by atoms with Crippen LogP contribution >= 0.6 is 0 Å². The topological polar surface area (TPSA) is 178 Å². The Labute approximate surface area is 159 Å². The Kier molecular flexibility index (Phi) is 4.58. The largest absolute Gasteiger partial charge is 0.492 e. The summed E-state index contributed by atoms with van der Waals surface area (Å²) >= 11 is 0. The maximum absolute atomic E-state index is 11.6. The molecule has 0 spiro atoms. The second-order valence-corrected chi connectivity index (χ2v) is 9.68. The Morgan fingerprint density at radius 2 is 0.929 bits per heavy atom. The van der Waals surface area contributed by atoms with Crippen LogP contribution in [0.3, 0.4) is 0 Å². The van der Waals surface area contributed by atoms with E-state index in [1.54, 1.807) is 0 Å². The van der Waals surface area contributed by atoms with Gasteiger partial charge in [0.1, 0.15) is 0 Å². The first-order valence-electron chi connectivity index (χ1n) is 8.06. The SMILES string of the molecule is CCS(=O)(=O)On1c(O)c2c(c1O)Cc1c(c(O)n(OS(=O)(=O)CC)c1O)C2. The third-order valence-corrected chi connectivity index (χ3v) is 6.53. The van der Waals surface area contributed by atoms with Crippen molar-refractivity contribution in [1.29, 1.82) is 0 Å². The summed E-state index contributed by atoms with van der Waals surface area (Å²) in [6.07, 6.45) is -0.511. The molecule has 0 radical (unpaired) electrons. The first-order chi connectivity index (χ1) is 12.9. The lowest BCUT2D eigenvalue weighted by atomic mass is 9.90. The van der Waals surface area contributed by atoms with E-state index in [0.29, 0.717) is 9.46 Å². The summed E-state index contributed by atoms with van der Waals surface area (Å²) in [6.45, 7) is 2.61. The van der Waals surface area contributed by atoms with Gasteiger partial charge in [0.05, 0.1) is 11.5 Å². The van der Waals surface area contributed by atoms with E-state index in [1.807, 2.05) is 0 Å². The molecule has 2 aromatic rings. The lowest BCUT2D eigenvalue weighted by Gasteiger charge is -2.11. The smallest absolute Gasteiger partial charge is 0.327 e. The summed E-state index contributed by atoms with van der Waals surface area (Å²) in [5.41, 5.74) is 0.174. The Morgan fingerprint density at radius 1 is 0.679 bits per heavy atom. The minimum atomic E-state index is -4.06. The molecule has 156 valence electrons. The number of hydrogen-bond donors (Lipinski definition) is 4. The van der Waals surface area contributed by atoms with Crippen molar-refractivity contribution in [1.82, 2.24) is 9.46 Å². The van der Waals surface area contributed by atoms with E-state index < -0.39 is 55.3 Å². The van der Waals surface area contributed by atoms with Crippen LogP contribution in [0.4, 0.5) is 0 Å². The van der Waals surface area contributed by atoms with Gasteiger partial charge < -0.3 is 20.4 Å². The van der Waals surface area contributed by atoms with Gasteiger partial charge in [-0.2, -0.15) is 16.8 Å². The van der Waals surface area contributed by atoms with Crippen LogP contribution < -0.4 is 8.57 Å². The van der Waals surface area contributed by atoms with Crippen LogP contribution in [0, 0.1) is 0 Å². The van der Waals surface area contributed by atoms with Gasteiger partial charge in [0.2, 0.25) is 23.5 Å². The number of aromatic nitrogens is 2. The minimum absolute atomic E-state index is 0.0436. The quantitative estimate of drug-likeness (QED) is 0.379. The van der Waals surface area contributed by atoms with Crippen LogP contribution in [-0.2, 0) is 33.1 Å². The summed E-state index contributed by atoms with van der Waals surface area (Å²) in [4.78, 5) is 0. The fraction of sp³-hybridized carbons (Fsp3) is 0.429. The van der Waals surface area contributed by atoms with Crippen molar-refractivity contribution in [2.45, 2.75) is 26.7 Å². The van der Waals surface area contributed by atoms with Gasteiger partial charge in [-0.05, 0) is 13.8 Å². The van der Waals surface area contributed by atoms with E-state index in [2.05, 4.69) is 8.57 Å². The molecule has 14 heteroatoms. The van der Waals surface area contributed by atoms with Crippen LogP contribution in [0.2, 0.25) is 0 Å². The Hall–Kier alpha value is -2.74. The average Bonchev–Trinajstić information content (AvgIpc) is 3.01. The highest BCUT2D eigenvalue weighted by Crippen LogP contribution is 2.46. The van der Waals surface area contributed by atoms with Gasteiger partial charge in [0, 0.05) is 35.1 Å². The molecule has 0 saturated carbocycles. The average molecular weight is 438 g/mol. The molecule has 3 rings (SSSR count). The molecule has 0 aliphatic heterocycles. The van der Waals surface area contributed by atoms with Gasteiger partial charge in [-0.15, -0.1) is 0 Å². The van der Waals surface area contributed by atoms with Crippen LogP contribution in [-0.4, -0.2) is 58.2 Å². The molecule has 0 fully saturated rings. The summed E-state index contributed by atoms with van der Waals surface area (Å²) in [5, 5.41) is 41.1. The van der Waals surface area contributed by atoms with Crippen molar-refractivity contribution in [3.63, 3.8) is 0 Å². The standard InChI is InChI=1S/C14H18N2O10S2/c1-3-27(21,22)25-15-11(17)7-5-9-10(6-8(7)12(15)18)14(20)16(13(9)19)26-28(23,24)4-2/h17-20H,3-6H2,1-2H3. The summed E-state index contributed by atoms with van der Waals surface area (Å²) in [5.74, 6) is -3.64. The van der Waals surface area contributed by atoms with E-state index >= 15 is 0 Å². The highest BCUT2D eigenvalue weighted by Gasteiger charge is 2.36. The lowest BCUT2D eigenvalue weighted by Crippen LogP contribution is -2.21. The van der Waals surface area contributed by atoms with Gasteiger partial charge in [0.15, 0.2) is 0 Å². The molecule has 28 heavy (non-hydrogen) atoms. The fourth-order valence-electron chi connectivity index (χ4n) is 2.80. The Bertz CT molecular complexity index is 1010. The van der Waals surface area contributed by atoms with Crippen molar-refractivity contribution in [2.75, 3.05) is 11.5 Å². The normalized spacial score (nSPS) is 13.8. The summed E-state index contributed by atoms with van der Waals surface area (Å²) in [7, 11) is -8.13. The maximum atomic E-state index is 11.6. The number of hydrogen-bond acceptors (Lipinski definition) is 10. The second-order valence-electron chi connectivity index (χ2n) is 5.99. The number of aromatic hydroxyl groups is 4. The van der Waals surface area contributed by atoms with Crippen molar-refractivity contribution >= 4 is 20.2 Å². The van der Waals surface area contributed by atoms with Crippen molar-refractivity contribution in [2.24, 2.45) is 0 Å². The molecule has 0 saturated heterocycles. The molecule has 1 aliphatic carbocycles. The van der Waals surface area contributed by atoms with Gasteiger partial charge in [0.25, 0.3) is 0 Å². The third-order valence-electron chi connectivity index (χ3n) is 4.37. The first-order valence-corrected chi connectivity index (χ1v) is 11.2. The third kappa shape index (κ3) is 3.07. The monoisotopic (exact) mass is 438 g/mol. The van der Waals surface area contributed by atoms with E-state index in [0.717, 1.165) is 0 Å². The van der Waals surface area contributed by atoms with Crippen LogP contribution in [0.5, 0.6) is 23.5 Å². The number of rotatable bonds is 6. The van der Waals surface area contributed by atoms with Gasteiger partial charge >= 0.3 is 20.2 Å². The molecule has 0 aromatic carbocycles. The summed E-state index contributed by atoms with van der Waals surface area (Å²) in [6, 6.07) is 0. The molecule has 4 N–H and O–H groups in total. The second kappa shape index (κ2) is 6.41. The van der Waals surface area contributed by atoms with Crippen molar-refractivity contribution in [3.05, 3.63) is 22.3 Å². The zero-order valence-electron chi connectivity index (χ0n) is 14.8. The molecule has 0 atom stereocenters. The molecule has 0 amide bonds. The Balaban J connectivity index is 2.07. The van der Waals surface area contributed by atoms with Crippen molar-refractivity contribution in [3.8, 4) is 23.5 Å². The number of fused-ring (bicyclic) bond motifs is 2. The molecular formula is C14H18N2O10S2. The predicted octanol–water partition coefficient (Wildman–Crippen LogP) is -0.836. The van der Waals surface area contributed by atoms with E-state index in [-0.39, 0.29) is 35.1 Å². The van der Waals surface area contributed by atoms with Gasteiger partial charge in [-0.1, -0.05) is 9.46 Å². The first kappa shape index (κ1) is 20.0. The molecule has 2 heterocycles.